The van der Waals surface area contributed by atoms with Gasteiger partial charge in [-0.2, -0.15) is 4.99 Å². The zero-order valence-electron chi connectivity index (χ0n) is 15.0. The number of thioether (sulfide) groups is 1. The van der Waals surface area contributed by atoms with Crippen molar-refractivity contribution < 1.29 is 17.6 Å². The molecule has 2 N–H and O–H groups in total. The van der Waals surface area contributed by atoms with E-state index in [1.54, 1.807) is 30.3 Å². The van der Waals surface area contributed by atoms with Crippen LogP contribution in [0.2, 0.25) is 0 Å². The summed E-state index contributed by atoms with van der Waals surface area (Å²) in [7, 11) is -3.73. The second-order valence-electron chi connectivity index (χ2n) is 6.63. The second-order valence-corrected chi connectivity index (χ2v) is 9.20. The lowest BCUT2D eigenvalue weighted by Gasteiger charge is -2.27. The fourth-order valence-electron chi connectivity index (χ4n) is 3.14. The molecule has 0 spiro atoms. The van der Waals surface area contributed by atoms with Gasteiger partial charge in [0.15, 0.2) is 5.17 Å². The molecule has 1 fully saturated rings. The number of amides is 1. The molecule has 1 saturated heterocycles. The molecule has 4 rings (SSSR count). The number of rotatable bonds is 3. The maximum Gasteiger partial charge on any atom is 0.286 e. The number of carbonyl (C=O) groups excluding carboxylic acids is 1. The van der Waals surface area contributed by atoms with E-state index in [9.17, 15) is 13.2 Å². The Morgan fingerprint density at radius 1 is 1.07 bits per heavy atom. The number of hydrogen-bond acceptors (Lipinski definition) is 6. The van der Waals surface area contributed by atoms with Gasteiger partial charge >= 0.3 is 0 Å². The van der Waals surface area contributed by atoms with Gasteiger partial charge in [0, 0.05) is 24.7 Å². The second kappa shape index (κ2) is 7.57. The number of primary sulfonamides is 1. The molecule has 146 valence electrons. The van der Waals surface area contributed by atoms with Crippen molar-refractivity contribution in [2.45, 2.75) is 24.2 Å². The van der Waals surface area contributed by atoms with Crippen molar-refractivity contribution in [2.24, 2.45) is 10.1 Å². The molecule has 2 aliphatic heterocycles. The molecule has 1 amide bonds. The normalized spacial score (nSPS) is 19.3. The van der Waals surface area contributed by atoms with Crippen molar-refractivity contribution in [2.75, 3.05) is 13.1 Å². The van der Waals surface area contributed by atoms with E-state index in [4.69, 9.17) is 9.56 Å². The molecule has 0 atom stereocenters. The summed E-state index contributed by atoms with van der Waals surface area (Å²) < 4.78 is 28.5. The van der Waals surface area contributed by atoms with Crippen LogP contribution in [-0.2, 0) is 14.8 Å². The van der Waals surface area contributed by atoms with Gasteiger partial charge in [-0.3, -0.25) is 4.79 Å². The van der Waals surface area contributed by atoms with Crippen LogP contribution in [0.1, 0.15) is 25.0 Å². The molecule has 9 heteroatoms. The Bertz CT molecular complexity index is 1060. The fourth-order valence-corrected chi connectivity index (χ4v) is 4.60. The molecule has 7 nitrogen and oxygen atoms in total. The van der Waals surface area contributed by atoms with Crippen LogP contribution in [0.15, 0.2) is 55.6 Å². The monoisotopic (exact) mass is 417 g/mol. The molecule has 2 aromatic rings. The van der Waals surface area contributed by atoms with E-state index < -0.39 is 10.0 Å². The average molecular weight is 418 g/mol. The van der Waals surface area contributed by atoms with E-state index in [1.807, 2.05) is 0 Å². The minimum absolute atomic E-state index is 0.0421. The third kappa shape index (κ3) is 4.06. The number of likely N-dealkylation sites (tertiary alicyclic amines) is 1. The first-order chi connectivity index (χ1) is 13.4. The summed E-state index contributed by atoms with van der Waals surface area (Å²) >= 11 is 1.38. The van der Waals surface area contributed by atoms with E-state index >= 15 is 0 Å². The van der Waals surface area contributed by atoms with E-state index in [1.165, 1.54) is 30.3 Å². The fraction of sp³-hybridized carbons (Fsp3) is 0.263. The van der Waals surface area contributed by atoms with Crippen molar-refractivity contribution in [1.82, 2.24) is 4.90 Å². The first kappa shape index (κ1) is 19.0. The van der Waals surface area contributed by atoms with Gasteiger partial charge < -0.3 is 9.32 Å². The van der Waals surface area contributed by atoms with Crippen LogP contribution >= 0.6 is 11.8 Å². The molecule has 28 heavy (non-hydrogen) atoms. The molecule has 2 aliphatic rings. The molecule has 0 radical (unpaired) electrons. The maximum atomic E-state index is 12.2. The van der Waals surface area contributed by atoms with Gasteiger partial charge in [-0.25, -0.2) is 13.6 Å². The predicted molar refractivity (Wildman–Crippen MR) is 109 cm³/mol. The van der Waals surface area contributed by atoms with Gasteiger partial charge in [-0.15, -0.1) is 0 Å². The number of aliphatic imine (C=N–C) groups is 1. The number of furan rings is 1. The largest absolute Gasteiger partial charge is 0.457 e. The lowest BCUT2D eigenvalue weighted by Crippen LogP contribution is -2.33. The summed E-state index contributed by atoms with van der Waals surface area (Å²) in [5, 5.41) is 5.88. The highest BCUT2D eigenvalue weighted by Gasteiger charge is 2.27. The molecule has 0 unspecified atom stereocenters. The predicted octanol–water partition coefficient (Wildman–Crippen LogP) is 3.05. The molecule has 1 aromatic heterocycles. The number of sulfonamides is 1. The van der Waals surface area contributed by atoms with Gasteiger partial charge in [-0.1, -0.05) is 0 Å². The average Bonchev–Trinajstić information content (AvgIpc) is 3.29. The highest BCUT2D eigenvalue weighted by atomic mass is 32.2. The first-order valence-corrected chi connectivity index (χ1v) is 11.3. The van der Waals surface area contributed by atoms with Gasteiger partial charge in [0.1, 0.15) is 11.5 Å². The molecule has 1 aromatic carbocycles. The number of nitrogens with zero attached hydrogens (tertiary/aromatic N) is 2. The van der Waals surface area contributed by atoms with Crippen LogP contribution in [-0.4, -0.2) is 37.5 Å². The van der Waals surface area contributed by atoms with Crippen molar-refractivity contribution >= 4 is 38.9 Å². The number of nitrogens with two attached hydrogens (primary N) is 1. The molecule has 3 heterocycles. The number of hydrogen-bond donors (Lipinski definition) is 1. The SMILES string of the molecule is NS(=O)(=O)c1ccc(-c2ccc(/C=C3\SC(N4CCCCC4)=NC3=O)o2)cc1. The molecule has 0 aliphatic carbocycles. The topological polar surface area (TPSA) is 106 Å². The lowest BCUT2D eigenvalue weighted by atomic mass is 10.1. The minimum atomic E-state index is -3.73. The smallest absolute Gasteiger partial charge is 0.286 e. The number of benzene rings is 1. The summed E-state index contributed by atoms with van der Waals surface area (Å²) in [4.78, 5) is 19.1. The summed E-state index contributed by atoms with van der Waals surface area (Å²) in [5.41, 5.74) is 0.715. The number of amidine groups is 1. The Balaban J connectivity index is 1.50. The van der Waals surface area contributed by atoms with Crippen molar-refractivity contribution in [3.05, 3.63) is 47.1 Å². The molecular formula is C19H19N3O4S2. The van der Waals surface area contributed by atoms with Crippen LogP contribution in [0, 0.1) is 0 Å². The molecular weight excluding hydrogens is 398 g/mol. The van der Waals surface area contributed by atoms with Crippen molar-refractivity contribution in [3.8, 4) is 11.3 Å². The minimum Gasteiger partial charge on any atom is -0.457 e. The standard InChI is InChI=1S/C19H19N3O4S2/c20-28(24,25)15-7-4-13(5-8-15)16-9-6-14(26-16)12-17-18(23)21-19(27-17)22-10-2-1-3-11-22/h4-9,12H,1-3,10-11H2,(H2,20,24,25)/b17-12-. The van der Waals surface area contributed by atoms with E-state index in [-0.39, 0.29) is 10.8 Å². The van der Waals surface area contributed by atoms with Crippen LogP contribution < -0.4 is 5.14 Å². The van der Waals surface area contributed by atoms with E-state index in [0.717, 1.165) is 31.1 Å². The summed E-state index contributed by atoms with van der Waals surface area (Å²) in [6.45, 7) is 1.87. The van der Waals surface area contributed by atoms with E-state index in [2.05, 4.69) is 9.89 Å². The molecule has 0 bridgehead atoms. The number of carbonyl (C=O) groups is 1. The quantitative estimate of drug-likeness (QED) is 0.770. The Morgan fingerprint density at radius 3 is 2.46 bits per heavy atom. The zero-order valence-corrected chi connectivity index (χ0v) is 16.6. The van der Waals surface area contributed by atoms with Gasteiger partial charge in [0.2, 0.25) is 10.0 Å². The first-order valence-electron chi connectivity index (χ1n) is 8.91. The van der Waals surface area contributed by atoms with Crippen LogP contribution in [0.5, 0.6) is 0 Å². The summed E-state index contributed by atoms with van der Waals surface area (Å²) in [5.74, 6) is 0.859. The van der Waals surface area contributed by atoms with Gasteiger partial charge in [-0.05, 0) is 67.4 Å². The Kier molecular flexibility index (Phi) is 5.13. The third-order valence-corrected chi connectivity index (χ3v) is 6.58. The van der Waals surface area contributed by atoms with Crippen LogP contribution in [0.3, 0.4) is 0 Å². The van der Waals surface area contributed by atoms with Gasteiger partial charge in [0.05, 0.1) is 9.80 Å². The van der Waals surface area contributed by atoms with E-state index in [0.29, 0.717) is 22.0 Å². The summed E-state index contributed by atoms with van der Waals surface area (Å²) in [6.07, 6.45) is 5.16. The summed E-state index contributed by atoms with van der Waals surface area (Å²) in [6, 6.07) is 9.66. The maximum absolute atomic E-state index is 12.2. The zero-order chi connectivity index (χ0) is 19.7. The molecule has 0 saturated carbocycles. The van der Waals surface area contributed by atoms with Gasteiger partial charge in [0.25, 0.3) is 5.91 Å². The Hall–Kier alpha value is -2.36. The van der Waals surface area contributed by atoms with Crippen molar-refractivity contribution in [1.29, 1.82) is 0 Å². The highest BCUT2D eigenvalue weighted by Crippen LogP contribution is 2.32. The van der Waals surface area contributed by atoms with Crippen LogP contribution in [0.4, 0.5) is 0 Å². The van der Waals surface area contributed by atoms with Crippen molar-refractivity contribution in [3.63, 3.8) is 0 Å². The third-order valence-electron chi connectivity index (χ3n) is 4.60. The number of piperidine rings is 1. The lowest BCUT2D eigenvalue weighted by molar-refractivity contribution is -0.113. The Labute approximate surface area is 167 Å². The Morgan fingerprint density at radius 2 is 1.79 bits per heavy atom. The van der Waals surface area contributed by atoms with Crippen LogP contribution in [0.25, 0.3) is 17.4 Å². The highest BCUT2D eigenvalue weighted by molar-refractivity contribution is 8.18.